The highest BCUT2D eigenvalue weighted by Crippen LogP contribution is 2.11. The summed E-state index contributed by atoms with van der Waals surface area (Å²) in [4.78, 5) is 47.3. The van der Waals surface area contributed by atoms with Gasteiger partial charge in [-0.2, -0.15) is 0 Å². The average Bonchev–Trinajstić information content (AvgIpc) is 2.72. The normalized spacial score (nSPS) is 10.7. The number of amides is 2. The molecule has 0 aromatic heterocycles. The van der Waals surface area contributed by atoms with Gasteiger partial charge in [0.15, 0.2) is 6.61 Å². The molecule has 8 heteroatoms. The van der Waals surface area contributed by atoms with Crippen molar-refractivity contribution in [3.63, 3.8) is 0 Å². The smallest absolute Gasteiger partial charge is 0.355 e. The molecule has 0 bridgehead atoms. The Morgan fingerprint density at radius 3 is 2.20 bits per heavy atom. The van der Waals surface area contributed by atoms with Gasteiger partial charge < -0.3 is 20.1 Å². The Morgan fingerprint density at radius 2 is 1.60 bits per heavy atom. The fraction of sp³-hybridized carbons (Fsp3) is 0.182. The first-order chi connectivity index (χ1) is 14.4. The van der Waals surface area contributed by atoms with Crippen LogP contribution in [0.5, 0.6) is 0 Å². The summed E-state index contributed by atoms with van der Waals surface area (Å²) in [6, 6.07) is 15.0. The number of ether oxygens (including phenoxy) is 2. The van der Waals surface area contributed by atoms with Gasteiger partial charge in [-0.15, -0.1) is 0 Å². The second kappa shape index (κ2) is 11.2. The molecule has 0 saturated heterocycles. The molecule has 0 atom stereocenters. The van der Waals surface area contributed by atoms with E-state index in [4.69, 9.17) is 9.47 Å². The van der Waals surface area contributed by atoms with E-state index in [1.807, 2.05) is 6.07 Å². The minimum absolute atomic E-state index is 0.0831. The predicted molar refractivity (Wildman–Crippen MR) is 110 cm³/mol. The van der Waals surface area contributed by atoms with Gasteiger partial charge in [0.25, 0.3) is 5.91 Å². The summed E-state index contributed by atoms with van der Waals surface area (Å²) in [6.07, 6.45) is 1.45. The summed E-state index contributed by atoms with van der Waals surface area (Å²) in [6.45, 7) is 2.69. The van der Waals surface area contributed by atoms with Crippen LogP contribution in [0.1, 0.15) is 29.8 Å². The summed E-state index contributed by atoms with van der Waals surface area (Å²) in [5.41, 5.74) is 1.38. The van der Waals surface area contributed by atoms with Gasteiger partial charge in [-0.1, -0.05) is 30.3 Å². The van der Waals surface area contributed by atoms with Gasteiger partial charge in [-0.05, 0) is 42.8 Å². The lowest BCUT2D eigenvalue weighted by molar-refractivity contribution is -0.144. The zero-order chi connectivity index (χ0) is 21.9. The molecule has 0 radical (unpaired) electrons. The number of nitrogens with one attached hydrogen (secondary N) is 2. The van der Waals surface area contributed by atoms with Gasteiger partial charge in [0.1, 0.15) is 5.70 Å². The number of carbonyl (C=O) groups excluding carboxylic acids is 4. The highest BCUT2D eigenvalue weighted by Gasteiger charge is 2.15. The maximum Gasteiger partial charge on any atom is 0.355 e. The lowest BCUT2D eigenvalue weighted by Crippen LogP contribution is -2.28. The molecule has 2 rings (SSSR count). The zero-order valence-corrected chi connectivity index (χ0v) is 16.6. The molecule has 0 fully saturated rings. The highest BCUT2D eigenvalue weighted by atomic mass is 16.5. The largest absolute Gasteiger partial charge is 0.462 e. The quantitative estimate of drug-likeness (QED) is 0.511. The Hall–Kier alpha value is -3.94. The van der Waals surface area contributed by atoms with Crippen LogP contribution in [0.4, 0.5) is 5.69 Å². The maximum atomic E-state index is 12.3. The van der Waals surface area contributed by atoms with E-state index in [1.54, 1.807) is 31.2 Å². The number of anilines is 1. The van der Waals surface area contributed by atoms with Crippen LogP contribution < -0.4 is 10.6 Å². The van der Waals surface area contributed by atoms with E-state index in [0.29, 0.717) is 16.8 Å². The van der Waals surface area contributed by atoms with Crippen LogP contribution in [0, 0.1) is 0 Å². The monoisotopic (exact) mass is 410 g/mol. The molecule has 0 saturated carbocycles. The van der Waals surface area contributed by atoms with Crippen molar-refractivity contribution >= 4 is 35.5 Å². The number of rotatable bonds is 8. The van der Waals surface area contributed by atoms with Crippen molar-refractivity contribution < 1.29 is 28.7 Å². The van der Waals surface area contributed by atoms with Crippen molar-refractivity contribution in [3.8, 4) is 0 Å². The Morgan fingerprint density at radius 1 is 0.933 bits per heavy atom. The van der Waals surface area contributed by atoms with Crippen LogP contribution in [0.2, 0.25) is 0 Å². The summed E-state index contributed by atoms with van der Waals surface area (Å²) in [5.74, 6) is -2.32. The van der Waals surface area contributed by atoms with Crippen molar-refractivity contribution in [2.45, 2.75) is 13.8 Å². The fourth-order valence-corrected chi connectivity index (χ4v) is 2.36. The Kier molecular flexibility index (Phi) is 8.31. The number of hydrogen-bond donors (Lipinski definition) is 2. The second-order valence-corrected chi connectivity index (χ2v) is 6.07. The molecule has 0 heterocycles. The fourth-order valence-electron chi connectivity index (χ4n) is 2.36. The number of esters is 2. The standard InChI is InChI=1S/C22H22N2O6/c1-3-29-21(27)17-9-11-18(12-10-17)24-20(26)14-30-22(28)19(23-15(2)25)13-16-7-5-4-6-8-16/h4-13H,3,14H2,1-2H3,(H,23,25)(H,24,26)/b19-13+. The highest BCUT2D eigenvalue weighted by molar-refractivity contribution is 5.99. The number of carbonyl (C=O) groups is 4. The molecule has 0 aliphatic rings. The van der Waals surface area contributed by atoms with Crippen molar-refractivity contribution in [3.05, 3.63) is 71.4 Å². The van der Waals surface area contributed by atoms with Crippen molar-refractivity contribution in [2.75, 3.05) is 18.5 Å². The van der Waals surface area contributed by atoms with Gasteiger partial charge in [0, 0.05) is 12.6 Å². The lowest BCUT2D eigenvalue weighted by atomic mass is 10.2. The molecule has 0 spiro atoms. The van der Waals surface area contributed by atoms with E-state index >= 15 is 0 Å². The predicted octanol–water partition coefficient (Wildman–Crippen LogP) is 2.52. The van der Waals surface area contributed by atoms with Gasteiger partial charge in [0.05, 0.1) is 12.2 Å². The van der Waals surface area contributed by atoms with Crippen LogP contribution in [-0.4, -0.2) is 37.0 Å². The molecule has 0 aliphatic carbocycles. The van der Waals surface area contributed by atoms with Crippen LogP contribution in [0.3, 0.4) is 0 Å². The summed E-state index contributed by atoms with van der Waals surface area (Å²) < 4.78 is 9.88. The zero-order valence-electron chi connectivity index (χ0n) is 16.6. The van der Waals surface area contributed by atoms with Gasteiger partial charge in [-0.25, -0.2) is 9.59 Å². The van der Waals surface area contributed by atoms with E-state index < -0.39 is 30.4 Å². The molecule has 30 heavy (non-hydrogen) atoms. The molecule has 156 valence electrons. The topological polar surface area (TPSA) is 111 Å². The molecule has 2 amide bonds. The minimum Gasteiger partial charge on any atom is -0.462 e. The molecule has 2 aromatic carbocycles. The summed E-state index contributed by atoms with van der Waals surface area (Å²) in [7, 11) is 0. The molecule has 0 aliphatic heterocycles. The van der Waals surface area contributed by atoms with E-state index in [1.165, 1.54) is 37.3 Å². The third-order valence-electron chi connectivity index (χ3n) is 3.66. The van der Waals surface area contributed by atoms with Gasteiger partial charge in [-0.3, -0.25) is 9.59 Å². The lowest BCUT2D eigenvalue weighted by Gasteiger charge is -2.10. The minimum atomic E-state index is -0.845. The summed E-state index contributed by atoms with van der Waals surface area (Å²) >= 11 is 0. The molecule has 8 nitrogen and oxygen atoms in total. The first kappa shape index (κ1) is 22.4. The van der Waals surface area contributed by atoms with Crippen LogP contribution >= 0.6 is 0 Å². The third kappa shape index (κ3) is 7.23. The van der Waals surface area contributed by atoms with Crippen LogP contribution in [0.15, 0.2) is 60.3 Å². The first-order valence-electron chi connectivity index (χ1n) is 9.17. The first-order valence-corrected chi connectivity index (χ1v) is 9.17. The SMILES string of the molecule is CCOC(=O)c1ccc(NC(=O)COC(=O)/C(=C\c2ccccc2)NC(C)=O)cc1. The number of hydrogen-bond acceptors (Lipinski definition) is 6. The van der Waals surface area contributed by atoms with E-state index in [9.17, 15) is 19.2 Å². The van der Waals surface area contributed by atoms with E-state index in [0.717, 1.165) is 0 Å². The van der Waals surface area contributed by atoms with Gasteiger partial charge >= 0.3 is 11.9 Å². The van der Waals surface area contributed by atoms with E-state index in [-0.39, 0.29) is 12.3 Å². The molecule has 2 N–H and O–H groups in total. The molecule has 2 aromatic rings. The van der Waals surface area contributed by atoms with Crippen LogP contribution in [-0.2, 0) is 23.9 Å². The van der Waals surface area contributed by atoms with Crippen molar-refractivity contribution in [2.24, 2.45) is 0 Å². The third-order valence-corrected chi connectivity index (χ3v) is 3.66. The second-order valence-electron chi connectivity index (χ2n) is 6.07. The van der Waals surface area contributed by atoms with Crippen molar-refractivity contribution in [1.29, 1.82) is 0 Å². The van der Waals surface area contributed by atoms with Gasteiger partial charge in [0.2, 0.25) is 5.91 Å². The van der Waals surface area contributed by atoms with Crippen molar-refractivity contribution in [1.82, 2.24) is 5.32 Å². The Labute approximate surface area is 173 Å². The average molecular weight is 410 g/mol. The molecular weight excluding hydrogens is 388 g/mol. The number of benzene rings is 2. The molecule has 0 unspecified atom stereocenters. The Balaban J connectivity index is 1.94. The van der Waals surface area contributed by atoms with E-state index in [2.05, 4.69) is 10.6 Å². The van der Waals surface area contributed by atoms with Crippen LogP contribution in [0.25, 0.3) is 6.08 Å². The maximum absolute atomic E-state index is 12.3. The Bertz CT molecular complexity index is 936. The molecular formula is C22H22N2O6. The summed E-state index contributed by atoms with van der Waals surface area (Å²) in [5, 5.41) is 4.95.